The van der Waals surface area contributed by atoms with E-state index in [-0.39, 0.29) is 5.91 Å². The van der Waals surface area contributed by atoms with Crippen LogP contribution in [-0.2, 0) is 4.79 Å². The molecule has 0 radical (unpaired) electrons. The molecule has 1 heterocycles. The summed E-state index contributed by atoms with van der Waals surface area (Å²) in [5.41, 5.74) is 9.30. The number of benzene rings is 2. The molecule has 0 aliphatic carbocycles. The Morgan fingerprint density at radius 1 is 0.971 bits per heavy atom. The number of nitrogens with one attached hydrogen (secondary N) is 1. The van der Waals surface area contributed by atoms with E-state index in [9.17, 15) is 4.79 Å². The largest absolute Gasteiger partial charge is 0.495 e. The van der Waals surface area contributed by atoms with E-state index in [4.69, 9.17) is 29.2 Å². The van der Waals surface area contributed by atoms with Crippen LogP contribution in [0.15, 0.2) is 41.1 Å². The second-order valence-corrected chi connectivity index (χ2v) is 8.13. The molecule has 9 heteroatoms. The van der Waals surface area contributed by atoms with E-state index < -0.39 is 6.04 Å². The number of carbonyl (C=O) groups excluding carboxylic acids is 1. The monoisotopic (exact) mass is 469 g/mol. The summed E-state index contributed by atoms with van der Waals surface area (Å²) in [4.78, 5) is 12.6. The predicted octanol–water partition coefficient (Wildman–Crippen LogP) is 4.35. The summed E-state index contributed by atoms with van der Waals surface area (Å²) in [5, 5.41) is 7.08. The lowest BCUT2D eigenvalue weighted by Crippen LogP contribution is -2.36. The minimum absolute atomic E-state index is 0.278. The third-order valence-electron chi connectivity index (χ3n) is 5.34. The van der Waals surface area contributed by atoms with Gasteiger partial charge in [0.15, 0.2) is 11.5 Å². The zero-order valence-electron chi connectivity index (χ0n) is 20.3. The summed E-state index contributed by atoms with van der Waals surface area (Å²) in [6.07, 6.45) is 2.11. The molecular weight excluding hydrogens is 438 g/mol. The van der Waals surface area contributed by atoms with Gasteiger partial charge in [0.1, 0.15) is 17.7 Å². The maximum atomic E-state index is 12.6. The molecule has 1 atom stereocenters. The second kappa shape index (κ2) is 10.9. The van der Waals surface area contributed by atoms with E-state index in [1.165, 1.54) is 6.26 Å². The smallest absolute Gasteiger partial charge is 0.241 e. The van der Waals surface area contributed by atoms with Crippen molar-refractivity contribution in [2.75, 3.05) is 33.8 Å². The lowest BCUT2D eigenvalue weighted by Gasteiger charge is -2.17. The fourth-order valence-electron chi connectivity index (χ4n) is 3.68. The number of rotatable bonds is 10. The quantitative estimate of drug-likeness (QED) is 0.450. The van der Waals surface area contributed by atoms with Gasteiger partial charge in [0.2, 0.25) is 11.7 Å². The molecule has 3 rings (SSSR count). The summed E-state index contributed by atoms with van der Waals surface area (Å²) in [6, 6.07) is 8.38. The molecule has 0 saturated carbocycles. The van der Waals surface area contributed by atoms with E-state index in [1.54, 1.807) is 52.7 Å². The Labute approximate surface area is 199 Å². The maximum Gasteiger partial charge on any atom is 0.241 e. The molecule has 3 aromatic rings. The topological polar surface area (TPSA) is 118 Å². The van der Waals surface area contributed by atoms with Crippen LogP contribution in [0.1, 0.15) is 20.3 Å². The van der Waals surface area contributed by atoms with Crippen LogP contribution in [-0.4, -0.2) is 45.5 Å². The summed E-state index contributed by atoms with van der Waals surface area (Å²) < 4.78 is 27.1. The molecule has 0 aliphatic rings. The van der Waals surface area contributed by atoms with Crippen molar-refractivity contribution in [1.29, 1.82) is 0 Å². The molecule has 1 aromatic heterocycles. The summed E-state index contributed by atoms with van der Waals surface area (Å²) in [5.74, 6) is 2.00. The Bertz CT molecular complexity index is 1120. The number of hydrogen-bond donors (Lipinski definition) is 2. The number of hydrogen-bond acceptors (Lipinski definition) is 8. The molecule has 34 heavy (non-hydrogen) atoms. The van der Waals surface area contributed by atoms with Crippen molar-refractivity contribution in [1.82, 2.24) is 5.16 Å². The zero-order chi connectivity index (χ0) is 24.8. The number of anilines is 1. The molecule has 1 amide bonds. The Morgan fingerprint density at radius 3 is 2.18 bits per heavy atom. The van der Waals surface area contributed by atoms with Crippen molar-refractivity contribution >= 4 is 11.6 Å². The molecule has 0 spiro atoms. The van der Waals surface area contributed by atoms with E-state index in [1.807, 2.05) is 19.9 Å². The normalized spacial score (nSPS) is 11.8. The van der Waals surface area contributed by atoms with Gasteiger partial charge in [-0.1, -0.05) is 25.1 Å². The van der Waals surface area contributed by atoms with Crippen LogP contribution in [0.4, 0.5) is 5.69 Å². The molecule has 0 bridgehead atoms. The van der Waals surface area contributed by atoms with Gasteiger partial charge in [0.05, 0.1) is 40.2 Å². The molecule has 9 nitrogen and oxygen atoms in total. The highest BCUT2D eigenvalue weighted by atomic mass is 16.5. The molecule has 0 fully saturated rings. The fourth-order valence-corrected chi connectivity index (χ4v) is 3.68. The highest BCUT2D eigenvalue weighted by Gasteiger charge is 2.21. The van der Waals surface area contributed by atoms with Crippen molar-refractivity contribution in [2.45, 2.75) is 26.3 Å². The highest BCUT2D eigenvalue weighted by molar-refractivity contribution is 5.97. The first-order valence-corrected chi connectivity index (χ1v) is 10.8. The SMILES string of the molecule is COc1ccc(-c2conc2-c2cc(OC)c(OC)c(OC)c2)cc1NC(=O)C(N)CC(C)C. The van der Waals surface area contributed by atoms with Crippen LogP contribution >= 0.6 is 0 Å². The lowest BCUT2D eigenvalue weighted by molar-refractivity contribution is -0.117. The van der Waals surface area contributed by atoms with Gasteiger partial charge < -0.3 is 34.5 Å². The first-order chi connectivity index (χ1) is 16.3. The van der Waals surface area contributed by atoms with E-state index in [2.05, 4.69) is 10.5 Å². The average molecular weight is 470 g/mol. The molecule has 0 aliphatic heterocycles. The van der Waals surface area contributed by atoms with Crippen molar-refractivity contribution in [2.24, 2.45) is 11.7 Å². The number of nitrogens with zero attached hydrogens (tertiary/aromatic N) is 1. The van der Waals surface area contributed by atoms with E-state index >= 15 is 0 Å². The van der Waals surface area contributed by atoms with Gasteiger partial charge in [-0.15, -0.1) is 0 Å². The summed E-state index contributed by atoms with van der Waals surface area (Å²) in [7, 11) is 6.18. The third kappa shape index (κ3) is 5.26. The number of ether oxygens (including phenoxy) is 4. The van der Waals surface area contributed by atoms with Crippen LogP contribution in [0.5, 0.6) is 23.0 Å². The molecule has 3 N–H and O–H groups in total. The Hall–Kier alpha value is -3.72. The molecule has 0 saturated heterocycles. The van der Waals surface area contributed by atoms with Crippen LogP contribution in [0.25, 0.3) is 22.4 Å². The first kappa shape index (κ1) is 24.9. The number of aromatic nitrogens is 1. The average Bonchev–Trinajstić information content (AvgIpc) is 3.32. The van der Waals surface area contributed by atoms with Gasteiger partial charge >= 0.3 is 0 Å². The lowest BCUT2D eigenvalue weighted by atomic mass is 10.00. The first-order valence-electron chi connectivity index (χ1n) is 10.8. The van der Waals surface area contributed by atoms with Gasteiger partial charge in [-0.3, -0.25) is 4.79 Å². The Kier molecular flexibility index (Phi) is 8.01. The van der Waals surface area contributed by atoms with Gasteiger partial charge in [-0.05, 0) is 42.2 Å². The van der Waals surface area contributed by atoms with Gasteiger partial charge in [-0.25, -0.2) is 0 Å². The van der Waals surface area contributed by atoms with Gasteiger partial charge in [-0.2, -0.15) is 0 Å². The molecule has 2 aromatic carbocycles. The minimum Gasteiger partial charge on any atom is -0.495 e. The molecule has 182 valence electrons. The summed E-state index contributed by atoms with van der Waals surface area (Å²) >= 11 is 0. The van der Waals surface area contributed by atoms with E-state index in [0.29, 0.717) is 57.8 Å². The number of carbonyl (C=O) groups is 1. The van der Waals surface area contributed by atoms with E-state index in [0.717, 1.165) is 5.56 Å². The Balaban J connectivity index is 2.02. The van der Waals surface area contributed by atoms with Crippen molar-refractivity contribution in [3.8, 4) is 45.4 Å². The van der Waals surface area contributed by atoms with Gasteiger partial charge in [0, 0.05) is 11.1 Å². The second-order valence-electron chi connectivity index (χ2n) is 8.13. The van der Waals surface area contributed by atoms with Crippen molar-refractivity contribution in [3.63, 3.8) is 0 Å². The van der Waals surface area contributed by atoms with Crippen LogP contribution in [0, 0.1) is 5.92 Å². The van der Waals surface area contributed by atoms with Crippen LogP contribution in [0.3, 0.4) is 0 Å². The highest BCUT2D eigenvalue weighted by Crippen LogP contribution is 2.43. The minimum atomic E-state index is -0.626. The zero-order valence-corrected chi connectivity index (χ0v) is 20.3. The predicted molar refractivity (Wildman–Crippen MR) is 130 cm³/mol. The molecule has 1 unspecified atom stereocenters. The van der Waals surface area contributed by atoms with Crippen LogP contribution in [0.2, 0.25) is 0 Å². The van der Waals surface area contributed by atoms with Crippen molar-refractivity contribution < 1.29 is 28.3 Å². The fraction of sp³-hybridized carbons (Fsp3) is 0.360. The number of methoxy groups -OCH3 is 4. The summed E-state index contributed by atoms with van der Waals surface area (Å²) in [6.45, 7) is 4.04. The standard InChI is InChI=1S/C25H31N3O6/c1-14(2)9-18(26)25(29)27-19-10-15(7-8-20(19)30-3)17-13-34-28-23(17)16-11-21(31-4)24(33-6)22(12-16)32-5/h7-8,10-14,18H,9,26H2,1-6H3,(H,27,29). The number of amides is 1. The van der Waals surface area contributed by atoms with Crippen molar-refractivity contribution in [3.05, 3.63) is 36.6 Å². The Morgan fingerprint density at radius 2 is 1.62 bits per heavy atom. The third-order valence-corrected chi connectivity index (χ3v) is 5.34. The molecular formula is C25H31N3O6. The van der Waals surface area contributed by atoms with Gasteiger partial charge in [0.25, 0.3) is 0 Å². The maximum absolute atomic E-state index is 12.6. The van der Waals surface area contributed by atoms with Crippen LogP contribution < -0.4 is 30.0 Å². The number of nitrogens with two attached hydrogens (primary N) is 1.